The van der Waals surface area contributed by atoms with Gasteiger partial charge in [0.05, 0.1) is 12.8 Å². The molecule has 4 rings (SSSR count). The summed E-state index contributed by atoms with van der Waals surface area (Å²) in [7, 11) is 0. The minimum Gasteiger partial charge on any atom is -0.485 e. The molecule has 0 saturated heterocycles. The van der Waals surface area contributed by atoms with Crippen LogP contribution >= 0.6 is 0 Å². The topological polar surface area (TPSA) is 80.9 Å². The average Bonchev–Trinajstić information content (AvgIpc) is 3.34. The molecule has 2 aliphatic rings. The Kier molecular flexibility index (Phi) is 3.69. The van der Waals surface area contributed by atoms with Gasteiger partial charge in [0.2, 0.25) is 6.10 Å². The third-order valence-electron chi connectivity index (χ3n) is 4.53. The molecule has 1 fully saturated rings. The number of rotatable bonds is 5. The van der Waals surface area contributed by atoms with Gasteiger partial charge in [-0.15, -0.1) is 0 Å². The number of nitrogens with one attached hydrogen (secondary N) is 1. The first-order chi connectivity index (χ1) is 11.7. The fourth-order valence-corrected chi connectivity index (χ4v) is 3.00. The van der Waals surface area contributed by atoms with Crippen molar-refractivity contribution in [2.24, 2.45) is 5.92 Å². The van der Waals surface area contributed by atoms with Crippen LogP contribution < -0.4 is 14.8 Å². The Bertz CT molecular complexity index is 725. The van der Waals surface area contributed by atoms with Gasteiger partial charge in [-0.25, -0.2) is 0 Å². The molecule has 0 spiro atoms. The Morgan fingerprint density at radius 3 is 2.71 bits per heavy atom. The summed E-state index contributed by atoms with van der Waals surface area (Å²) < 4.78 is 16.6. The number of ether oxygens (including phenoxy) is 2. The zero-order chi connectivity index (χ0) is 16.6. The summed E-state index contributed by atoms with van der Waals surface area (Å²) in [6.45, 7) is 0.233. The molecular formula is C18H19NO5. The van der Waals surface area contributed by atoms with Gasteiger partial charge in [0.1, 0.15) is 18.0 Å². The number of amides is 1. The Balaban J connectivity index is 1.41. The Morgan fingerprint density at radius 2 is 2.00 bits per heavy atom. The van der Waals surface area contributed by atoms with Gasteiger partial charge in [0.15, 0.2) is 11.5 Å². The smallest absolute Gasteiger partial charge is 0.264 e. The Morgan fingerprint density at radius 1 is 1.21 bits per heavy atom. The first-order valence-electron chi connectivity index (χ1n) is 8.09. The monoisotopic (exact) mass is 329 g/mol. The van der Waals surface area contributed by atoms with E-state index in [9.17, 15) is 9.90 Å². The number of carbonyl (C=O) groups is 1. The second-order valence-electron chi connectivity index (χ2n) is 6.26. The number of carbonyl (C=O) groups excluding carboxylic acids is 1. The van der Waals surface area contributed by atoms with Crippen molar-refractivity contribution in [2.75, 3.05) is 13.2 Å². The van der Waals surface area contributed by atoms with Crippen molar-refractivity contribution in [1.29, 1.82) is 0 Å². The van der Waals surface area contributed by atoms with Crippen molar-refractivity contribution in [1.82, 2.24) is 5.32 Å². The van der Waals surface area contributed by atoms with E-state index < -0.39 is 11.7 Å². The summed E-state index contributed by atoms with van der Waals surface area (Å²) >= 11 is 0. The second kappa shape index (κ2) is 5.87. The van der Waals surface area contributed by atoms with Gasteiger partial charge in [-0.1, -0.05) is 12.1 Å². The normalized spacial score (nSPS) is 21.8. The number of aliphatic hydroxyl groups is 1. The Labute approximate surface area is 139 Å². The highest BCUT2D eigenvalue weighted by atomic mass is 16.6. The number of para-hydroxylation sites is 2. The molecule has 1 aliphatic heterocycles. The lowest BCUT2D eigenvalue weighted by Gasteiger charge is -2.29. The van der Waals surface area contributed by atoms with Gasteiger partial charge in [0.25, 0.3) is 5.91 Å². The van der Waals surface area contributed by atoms with E-state index in [1.807, 2.05) is 12.1 Å². The molecule has 1 aliphatic carbocycles. The first-order valence-corrected chi connectivity index (χ1v) is 8.09. The molecule has 0 unspecified atom stereocenters. The zero-order valence-electron chi connectivity index (χ0n) is 13.1. The lowest BCUT2D eigenvalue weighted by Crippen LogP contribution is -2.49. The maximum atomic E-state index is 12.4. The minimum atomic E-state index is -1.17. The van der Waals surface area contributed by atoms with E-state index in [-0.39, 0.29) is 25.0 Å². The van der Waals surface area contributed by atoms with Gasteiger partial charge >= 0.3 is 0 Å². The molecule has 2 N–H and O–H groups in total. The van der Waals surface area contributed by atoms with Gasteiger partial charge in [-0.2, -0.15) is 0 Å². The maximum absolute atomic E-state index is 12.4. The molecule has 2 aromatic rings. The highest BCUT2D eigenvalue weighted by Gasteiger charge is 2.47. The largest absolute Gasteiger partial charge is 0.485 e. The average molecular weight is 329 g/mol. The molecule has 6 heteroatoms. The van der Waals surface area contributed by atoms with Crippen molar-refractivity contribution >= 4 is 5.91 Å². The standard InChI is InChI=1S/C18H19NO5/c20-17(15-10-23-13-4-1-2-5-14(13)24-15)19-11-18(21,12-7-8-12)16-6-3-9-22-16/h1-6,9,12,15,21H,7-8,10-11H2,(H,19,20)/t15-,18-/m1/s1. The lowest BCUT2D eigenvalue weighted by atomic mass is 9.94. The second-order valence-corrected chi connectivity index (χ2v) is 6.26. The molecule has 0 radical (unpaired) electrons. The minimum absolute atomic E-state index is 0.0888. The van der Waals surface area contributed by atoms with Crippen LogP contribution in [0.3, 0.4) is 0 Å². The maximum Gasteiger partial charge on any atom is 0.264 e. The third-order valence-corrected chi connectivity index (χ3v) is 4.53. The van der Waals surface area contributed by atoms with Crippen molar-refractivity contribution in [3.8, 4) is 11.5 Å². The van der Waals surface area contributed by atoms with E-state index in [0.29, 0.717) is 17.3 Å². The Hall–Kier alpha value is -2.47. The van der Waals surface area contributed by atoms with Crippen LogP contribution in [0.2, 0.25) is 0 Å². The van der Waals surface area contributed by atoms with E-state index >= 15 is 0 Å². The third kappa shape index (κ3) is 2.73. The molecule has 1 saturated carbocycles. The molecule has 1 amide bonds. The summed E-state index contributed by atoms with van der Waals surface area (Å²) in [4.78, 5) is 12.4. The van der Waals surface area contributed by atoms with Gasteiger partial charge in [-0.3, -0.25) is 4.79 Å². The van der Waals surface area contributed by atoms with Crippen LogP contribution in [0.15, 0.2) is 47.1 Å². The number of benzene rings is 1. The molecule has 2 atom stereocenters. The number of hydrogen-bond donors (Lipinski definition) is 2. The highest BCUT2D eigenvalue weighted by Crippen LogP contribution is 2.45. The molecule has 126 valence electrons. The molecule has 1 aromatic heterocycles. The van der Waals surface area contributed by atoms with Crippen LogP contribution in [-0.4, -0.2) is 30.3 Å². The van der Waals surface area contributed by atoms with Crippen molar-refractivity contribution in [3.63, 3.8) is 0 Å². The van der Waals surface area contributed by atoms with E-state index in [2.05, 4.69) is 5.32 Å². The van der Waals surface area contributed by atoms with Crippen molar-refractivity contribution in [2.45, 2.75) is 24.5 Å². The highest BCUT2D eigenvalue weighted by molar-refractivity contribution is 5.81. The van der Waals surface area contributed by atoms with Crippen LogP contribution in [0.25, 0.3) is 0 Å². The fourth-order valence-electron chi connectivity index (χ4n) is 3.00. The van der Waals surface area contributed by atoms with E-state index in [1.165, 1.54) is 6.26 Å². The molecule has 0 bridgehead atoms. The lowest BCUT2D eigenvalue weighted by molar-refractivity contribution is -0.132. The van der Waals surface area contributed by atoms with E-state index in [4.69, 9.17) is 13.9 Å². The van der Waals surface area contributed by atoms with Crippen molar-refractivity contribution in [3.05, 3.63) is 48.4 Å². The SMILES string of the molecule is O=C(NC[C@](O)(c1ccco1)C1CC1)[C@H]1COc2ccccc2O1. The predicted octanol–water partition coefficient (Wildman–Crippen LogP) is 1.83. The van der Waals surface area contributed by atoms with E-state index in [0.717, 1.165) is 12.8 Å². The quantitative estimate of drug-likeness (QED) is 0.875. The van der Waals surface area contributed by atoms with Gasteiger partial charge < -0.3 is 24.3 Å². The van der Waals surface area contributed by atoms with Crippen LogP contribution in [-0.2, 0) is 10.4 Å². The van der Waals surface area contributed by atoms with Gasteiger partial charge in [0, 0.05) is 0 Å². The first kappa shape index (κ1) is 15.1. The molecular weight excluding hydrogens is 310 g/mol. The molecule has 24 heavy (non-hydrogen) atoms. The summed E-state index contributed by atoms with van der Waals surface area (Å²) in [5.74, 6) is 1.46. The number of furan rings is 1. The van der Waals surface area contributed by atoms with E-state index in [1.54, 1.807) is 24.3 Å². The molecule has 1 aromatic carbocycles. The number of hydrogen-bond acceptors (Lipinski definition) is 5. The van der Waals surface area contributed by atoms with Crippen LogP contribution in [0.5, 0.6) is 11.5 Å². The zero-order valence-corrected chi connectivity index (χ0v) is 13.1. The van der Waals surface area contributed by atoms with Crippen molar-refractivity contribution < 1.29 is 23.8 Å². The van der Waals surface area contributed by atoms with Crippen LogP contribution in [0.1, 0.15) is 18.6 Å². The fraction of sp³-hybridized carbons (Fsp3) is 0.389. The van der Waals surface area contributed by atoms with Crippen LogP contribution in [0, 0.1) is 5.92 Å². The predicted molar refractivity (Wildman–Crippen MR) is 84.7 cm³/mol. The molecule has 6 nitrogen and oxygen atoms in total. The summed E-state index contributed by atoms with van der Waals surface area (Å²) in [6.07, 6.45) is 2.63. The summed E-state index contributed by atoms with van der Waals surface area (Å²) in [5.41, 5.74) is -1.17. The number of fused-ring (bicyclic) bond motifs is 1. The summed E-state index contributed by atoms with van der Waals surface area (Å²) in [6, 6.07) is 10.7. The summed E-state index contributed by atoms with van der Waals surface area (Å²) in [5, 5.41) is 13.7. The molecule has 2 heterocycles. The van der Waals surface area contributed by atoms with Crippen LogP contribution in [0.4, 0.5) is 0 Å². The van der Waals surface area contributed by atoms with Gasteiger partial charge in [-0.05, 0) is 43.0 Å².